The Morgan fingerprint density at radius 2 is 2.06 bits per heavy atom. The molecule has 3 rings (SSSR count). The summed E-state index contributed by atoms with van der Waals surface area (Å²) in [6, 6.07) is 8.11. The lowest BCUT2D eigenvalue weighted by atomic mass is 10.2. The first-order valence-electron chi connectivity index (χ1n) is 9.35. The molecule has 2 heterocycles. The third-order valence-electron chi connectivity index (χ3n) is 4.02. The average Bonchev–Trinajstić information content (AvgIpc) is 3.43. The van der Waals surface area contributed by atoms with Crippen molar-refractivity contribution >= 4 is 23.9 Å². The van der Waals surface area contributed by atoms with Gasteiger partial charge in [-0.3, -0.25) is 0 Å². The van der Waals surface area contributed by atoms with Gasteiger partial charge < -0.3 is 18.6 Å². The normalized spacial score (nSPS) is 11.3. The zero-order chi connectivity index (χ0) is 23.1. The molecular weight excluding hydrogens is 446 g/mol. The van der Waals surface area contributed by atoms with Crippen molar-refractivity contribution in [1.29, 1.82) is 0 Å². The number of furan rings is 1. The van der Waals surface area contributed by atoms with Crippen LogP contribution in [0.3, 0.4) is 0 Å². The minimum absolute atomic E-state index is 0.0556. The van der Waals surface area contributed by atoms with Crippen molar-refractivity contribution in [2.75, 3.05) is 20.0 Å². The topological polar surface area (TPSA) is 101 Å². The lowest BCUT2D eigenvalue weighted by molar-refractivity contribution is 0.0560. The summed E-state index contributed by atoms with van der Waals surface area (Å²) >= 11 is 1.15. The van der Waals surface area contributed by atoms with E-state index in [2.05, 4.69) is 20.0 Å². The number of aromatic nitrogens is 3. The molecule has 0 spiro atoms. The second-order valence-electron chi connectivity index (χ2n) is 6.09. The van der Waals surface area contributed by atoms with Crippen LogP contribution in [-0.4, -0.2) is 47.0 Å². The number of halogens is 2. The van der Waals surface area contributed by atoms with Gasteiger partial charge in [-0.25, -0.2) is 13.6 Å². The van der Waals surface area contributed by atoms with Gasteiger partial charge in [0.25, 0.3) is 6.43 Å². The van der Waals surface area contributed by atoms with E-state index in [4.69, 9.17) is 13.9 Å². The maximum atomic E-state index is 13.1. The number of hydrogen-bond acceptors (Lipinski definition) is 9. The van der Waals surface area contributed by atoms with E-state index < -0.39 is 18.2 Å². The van der Waals surface area contributed by atoms with Gasteiger partial charge in [-0.1, -0.05) is 11.8 Å². The molecule has 0 saturated carbocycles. The van der Waals surface area contributed by atoms with E-state index >= 15 is 0 Å². The monoisotopic (exact) mass is 466 g/mol. The fourth-order valence-corrected chi connectivity index (χ4v) is 3.02. The number of carbonyl (C=O) groups is 1. The van der Waals surface area contributed by atoms with Crippen molar-refractivity contribution in [1.82, 2.24) is 14.9 Å². The second kappa shape index (κ2) is 10.8. The molecule has 0 radical (unpaired) electrons. The minimum Gasteiger partial charge on any atom is -0.490 e. The maximum Gasteiger partial charge on any atom is 0.373 e. The lowest BCUT2D eigenvalue weighted by Crippen LogP contribution is -2.02. The Kier molecular flexibility index (Phi) is 7.82. The zero-order valence-corrected chi connectivity index (χ0v) is 18.3. The molecule has 9 nitrogen and oxygen atoms in total. The summed E-state index contributed by atoms with van der Waals surface area (Å²) < 4.78 is 48.6. The van der Waals surface area contributed by atoms with Crippen LogP contribution in [0.5, 0.6) is 11.5 Å². The van der Waals surface area contributed by atoms with Crippen molar-refractivity contribution in [2.45, 2.75) is 25.1 Å². The maximum absolute atomic E-state index is 13.1. The molecule has 12 heteroatoms. The summed E-state index contributed by atoms with van der Waals surface area (Å²) in [6.07, 6.45) is 0.283. The number of ether oxygens (including phenoxy) is 3. The molecule has 2 aromatic heterocycles. The number of hydrogen-bond donors (Lipinski definition) is 0. The number of methoxy groups -OCH3 is 1. The summed E-state index contributed by atoms with van der Waals surface area (Å²) in [7, 11) is 1.26. The van der Waals surface area contributed by atoms with Gasteiger partial charge in [-0.15, -0.1) is 10.2 Å². The highest BCUT2D eigenvalue weighted by Crippen LogP contribution is 2.29. The van der Waals surface area contributed by atoms with Gasteiger partial charge in [-0.05, 0) is 49.1 Å². The van der Waals surface area contributed by atoms with Crippen LogP contribution < -0.4 is 9.47 Å². The van der Waals surface area contributed by atoms with Crippen molar-refractivity contribution in [3.8, 4) is 11.5 Å². The molecule has 3 aromatic rings. The fraction of sp³-hybridized carbons (Fsp3) is 0.300. The Morgan fingerprint density at radius 3 is 2.75 bits per heavy atom. The summed E-state index contributed by atoms with van der Waals surface area (Å²) in [4.78, 5) is 11.5. The SMILES string of the molecule is CCOc1cc(/C=N/n2c(SC)nnc2C(F)F)ccc1OCc1ccc(C(=O)OC)o1. The number of nitrogens with zero attached hydrogens (tertiary/aromatic N) is 4. The molecule has 0 amide bonds. The Hall–Kier alpha value is -3.41. The van der Waals surface area contributed by atoms with E-state index in [1.807, 2.05) is 6.92 Å². The summed E-state index contributed by atoms with van der Waals surface area (Å²) in [5.41, 5.74) is 0.591. The molecule has 0 aliphatic rings. The number of alkyl halides is 2. The van der Waals surface area contributed by atoms with Crippen LogP contribution in [0.4, 0.5) is 8.78 Å². The van der Waals surface area contributed by atoms with E-state index in [0.717, 1.165) is 16.4 Å². The van der Waals surface area contributed by atoms with Gasteiger partial charge in [0, 0.05) is 0 Å². The van der Waals surface area contributed by atoms with Gasteiger partial charge in [0.05, 0.1) is 19.9 Å². The van der Waals surface area contributed by atoms with E-state index in [1.54, 1.807) is 30.5 Å². The molecule has 0 N–H and O–H groups in total. The van der Waals surface area contributed by atoms with Crippen molar-refractivity contribution in [3.63, 3.8) is 0 Å². The first kappa shape index (κ1) is 23.3. The largest absolute Gasteiger partial charge is 0.490 e. The van der Waals surface area contributed by atoms with Crippen LogP contribution in [0.15, 0.2) is 45.0 Å². The quantitative estimate of drug-likeness (QED) is 0.249. The van der Waals surface area contributed by atoms with Crippen LogP contribution in [0.25, 0.3) is 0 Å². The molecule has 0 aliphatic heterocycles. The predicted molar refractivity (Wildman–Crippen MR) is 112 cm³/mol. The fourth-order valence-electron chi connectivity index (χ4n) is 2.58. The first-order valence-corrected chi connectivity index (χ1v) is 10.6. The van der Waals surface area contributed by atoms with E-state index in [9.17, 15) is 13.6 Å². The molecule has 0 saturated heterocycles. The number of esters is 1. The van der Waals surface area contributed by atoms with E-state index in [-0.39, 0.29) is 17.5 Å². The summed E-state index contributed by atoms with van der Waals surface area (Å²) in [5, 5.41) is 11.5. The van der Waals surface area contributed by atoms with Crippen molar-refractivity contribution in [2.24, 2.45) is 5.10 Å². The zero-order valence-electron chi connectivity index (χ0n) is 17.4. The Balaban J connectivity index is 1.77. The highest BCUT2D eigenvalue weighted by molar-refractivity contribution is 7.98. The summed E-state index contributed by atoms with van der Waals surface area (Å²) in [5.74, 6) is 0.240. The second-order valence-corrected chi connectivity index (χ2v) is 6.86. The summed E-state index contributed by atoms with van der Waals surface area (Å²) in [6.45, 7) is 2.25. The molecule has 0 unspecified atom stereocenters. The van der Waals surface area contributed by atoms with Gasteiger partial charge >= 0.3 is 5.97 Å². The number of thioether (sulfide) groups is 1. The van der Waals surface area contributed by atoms with Gasteiger partial charge in [0.1, 0.15) is 12.4 Å². The lowest BCUT2D eigenvalue weighted by Gasteiger charge is -2.12. The Bertz CT molecular complexity index is 1100. The van der Waals surface area contributed by atoms with Crippen LogP contribution in [0.2, 0.25) is 0 Å². The molecule has 0 aliphatic carbocycles. The van der Waals surface area contributed by atoms with Crippen molar-refractivity contribution in [3.05, 3.63) is 53.2 Å². The Labute approximate surface area is 186 Å². The van der Waals surface area contributed by atoms with Gasteiger partial charge in [0.15, 0.2) is 11.5 Å². The predicted octanol–water partition coefficient (Wildman–Crippen LogP) is 4.18. The minimum atomic E-state index is -2.81. The smallest absolute Gasteiger partial charge is 0.373 e. The van der Waals surface area contributed by atoms with Crippen LogP contribution >= 0.6 is 11.8 Å². The Morgan fingerprint density at radius 1 is 1.25 bits per heavy atom. The standard InChI is InChI=1S/C20H20F2N4O5S/c1-4-29-16-9-12(10-23-26-18(17(21)22)24-25-20(26)32-3)5-7-14(16)30-11-13-6-8-15(31-13)19(27)28-2/h5-10,17H,4,11H2,1-3H3/b23-10+. The van der Waals surface area contributed by atoms with Crippen LogP contribution in [0, 0.1) is 0 Å². The average molecular weight is 466 g/mol. The molecule has 0 atom stereocenters. The number of rotatable bonds is 10. The third kappa shape index (κ3) is 5.44. The van der Waals surface area contributed by atoms with Gasteiger partial charge in [0.2, 0.25) is 16.7 Å². The highest BCUT2D eigenvalue weighted by atomic mass is 32.2. The molecule has 0 fully saturated rings. The molecule has 0 bridgehead atoms. The first-order chi connectivity index (χ1) is 15.5. The molecular formula is C20H20F2N4O5S. The number of carbonyl (C=O) groups excluding carboxylic acids is 1. The molecule has 1 aromatic carbocycles. The van der Waals surface area contributed by atoms with Crippen molar-refractivity contribution < 1.29 is 32.2 Å². The highest BCUT2D eigenvalue weighted by Gasteiger charge is 2.19. The van der Waals surface area contributed by atoms with E-state index in [0.29, 0.717) is 29.4 Å². The van der Waals surface area contributed by atoms with Gasteiger partial charge in [-0.2, -0.15) is 9.78 Å². The van der Waals surface area contributed by atoms with Crippen LogP contribution in [0.1, 0.15) is 41.1 Å². The molecule has 32 heavy (non-hydrogen) atoms. The van der Waals surface area contributed by atoms with Crippen LogP contribution in [-0.2, 0) is 11.3 Å². The number of benzene rings is 1. The molecule has 170 valence electrons. The third-order valence-corrected chi connectivity index (χ3v) is 4.64. The van der Waals surface area contributed by atoms with E-state index in [1.165, 1.54) is 19.4 Å².